The van der Waals surface area contributed by atoms with Crippen LogP contribution in [0.2, 0.25) is 0 Å². The van der Waals surface area contributed by atoms with E-state index in [0.717, 1.165) is 0 Å². The van der Waals surface area contributed by atoms with Gasteiger partial charge < -0.3 is 5.11 Å². The minimum absolute atomic E-state index is 0.0216. The third kappa shape index (κ3) is 2.99. The molecule has 2 nitrogen and oxygen atoms in total. The van der Waals surface area contributed by atoms with Crippen LogP contribution in [0.5, 0.6) is 0 Å². The Balaban J connectivity index is 2.78. The van der Waals surface area contributed by atoms with E-state index >= 15 is 0 Å². The highest BCUT2D eigenvalue weighted by molar-refractivity contribution is 9.11. The quantitative estimate of drug-likeness (QED) is 0.801. The lowest BCUT2D eigenvalue weighted by atomic mass is 10.1. The summed E-state index contributed by atoms with van der Waals surface area (Å²) in [4.78, 5) is 10.9. The van der Waals surface area contributed by atoms with Crippen molar-refractivity contribution in [2.75, 3.05) is 0 Å². The summed E-state index contributed by atoms with van der Waals surface area (Å²) in [5, 5.41) is 8.94. The topological polar surface area (TPSA) is 37.3 Å². The maximum absolute atomic E-state index is 10.9. The molecule has 0 amide bonds. The van der Waals surface area contributed by atoms with Crippen LogP contribution in [0, 0.1) is 17.3 Å². The highest BCUT2D eigenvalue weighted by atomic mass is 79.9. The first-order valence-corrected chi connectivity index (χ1v) is 5.94. The molecular formula is C10H11BrCl2O2. The van der Waals surface area contributed by atoms with Crippen LogP contribution in [0.3, 0.4) is 0 Å². The van der Waals surface area contributed by atoms with Gasteiger partial charge in [-0.2, -0.15) is 0 Å². The van der Waals surface area contributed by atoms with Crippen molar-refractivity contribution in [2.45, 2.75) is 13.8 Å². The molecule has 0 heterocycles. The van der Waals surface area contributed by atoms with Crippen molar-refractivity contribution < 1.29 is 9.90 Å². The van der Waals surface area contributed by atoms with Crippen LogP contribution in [0.1, 0.15) is 13.8 Å². The van der Waals surface area contributed by atoms with Gasteiger partial charge in [0, 0.05) is 4.48 Å². The molecule has 15 heavy (non-hydrogen) atoms. The smallest absolute Gasteiger partial charge is 0.307 e. The second-order valence-electron chi connectivity index (χ2n) is 4.15. The number of hydrogen-bond donors (Lipinski definition) is 1. The highest BCUT2D eigenvalue weighted by Crippen LogP contribution is 2.59. The van der Waals surface area contributed by atoms with Gasteiger partial charge in [0.1, 0.15) is 4.49 Å². The molecule has 0 saturated heterocycles. The molecule has 2 unspecified atom stereocenters. The molecule has 1 rings (SSSR count). The summed E-state index contributed by atoms with van der Waals surface area (Å²) in [5.74, 6) is -1.07. The molecule has 0 bridgehead atoms. The number of halogens is 3. The van der Waals surface area contributed by atoms with E-state index in [4.69, 9.17) is 28.3 Å². The third-order valence-electron chi connectivity index (χ3n) is 2.76. The molecule has 5 heteroatoms. The molecule has 1 saturated carbocycles. The second kappa shape index (κ2) is 4.48. The molecule has 84 valence electrons. The first-order valence-electron chi connectivity index (χ1n) is 4.39. The lowest BCUT2D eigenvalue weighted by Gasteiger charge is -1.97. The number of rotatable bonds is 3. The Morgan fingerprint density at radius 3 is 2.33 bits per heavy atom. The van der Waals surface area contributed by atoms with E-state index in [1.165, 1.54) is 6.08 Å². The number of carbonyl (C=O) groups is 1. The number of carboxylic acids is 1. The van der Waals surface area contributed by atoms with E-state index in [1.807, 2.05) is 19.9 Å². The van der Waals surface area contributed by atoms with Crippen LogP contribution < -0.4 is 0 Å². The van der Waals surface area contributed by atoms with E-state index in [2.05, 4.69) is 15.9 Å². The van der Waals surface area contributed by atoms with Gasteiger partial charge in [-0.3, -0.25) is 4.79 Å². The zero-order valence-electron chi connectivity index (χ0n) is 8.30. The van der Waals surface area contributed by atoms with Crippen LogP contribution in [0.15, 0.2) is 21.1 Å². The van der Waals surface area contributed by atoms with Crippen molar-refractivity contribution in [1.29, 1.82) is 0 Å². The van der Waals surface area contributed by atoms with Crippen molar-refractivity contribution in [2.24, 2.45) is 17.3 Å². The minimum atomic E-state index is -0.762. The molecule has 0 aromatic carbocycles. The van der Waals surface area contributed by atoms with Crippen molar-refractivity contribution >= 4 is 45.1 Å². The Morgan fingerprint density at radius 1 is 1.47 bits per heavy atom. The van der Waals surface area contributed by atoms with Crippen molar-refractivity contribution in [3.8, 4) is 0 Å². The van der Waals surface area contributed by atoms with Crippen LogP contribution in [0.4, 0.5) is 0 Å². The average Bonchev–Trinajstić information content (AvgIpc) is 2.50. The van der Waals surface area contributed by atoms with E-state index in [9.17, 15) is 4.79 Å². The molecule has 2 atom stereocenters. The molecule has 1 aliphatic carbocycles. The molecule has 0 spiro atoms. The van der Waals surface area contributed by atoms with Crippen molar-refractivity contribution in [3.63, 3.8) is 0 Å². The standard InChI is InChI=1S/C10H11BrCl2O2/c1-10(2)6(8(10)9(14)15)3-5(11)4-7(12)13/h3-4,6,8H,1-2H3,(H,14,15). The number of hydrogen-bond acceptors (Lipinski definition) is 1. The van der Waals surface area contributed by atoms with Crippen LogP contribution >= 0.6 is 39.1 Å². The second-order valence-corrected chi connectivity index (χ2v) is 6.07. The molecular weight excluding hydrogens is 303 g/mol. The van der Waals surface area contributed by atoms with E-state index < -0.39 is 5.97 Å². The fourth-order valence-electron chi connectivity index (χ4n) is 1.78. The Labute approximate surface area is 107 Å². The lowest BCUT2D eigenvalue weighted by Crippen LogP contribution is -2.02. The van der Waals surface area contributed by atoms with Crippen molar-refractivity contribution in [1.82, 2.24) is 0 Å². The summed E-state index contributed by atoms with van der Waals surface area (Å²) < 4.78 is 0.854. The van der Waals surface area contributed by atoms with Crippen LogP contribution in [-0.4, -0.2) is 11.1 Å². The SMILES string of the molecule is CC1(C)C(C=C(Br)C=C(Cl)Cl)C1C(=O)O. The van der Waals surface area contributed by atoms with E-state index in [0.29, 0.717) is 4.48 Å². The zero-order valence-corrected chi connectivity index (χ0v) is 11.4. The van der Waals surface area contributed by atoms with E-state index in [-0.39, 0.29) is 21.7 Å². The zero-order chi connectivity index (χ0) is 11.8. The average molecular weight is 314 g/mol. The van der Waals surface area contributed by atoms with Gasteiger partial charge in [0.25, 0.3) is 0 Å². The van der Waals surface area contributed by atoms with Crippen molar-refractivity contribution in [3.05, 3.63) is 21.1 Å². The van der Waals surface area contributed by atoms with Gasteiger partial charge in [0.15, 0.2) is 0 Å². The highest BCUT2D eigenvalue weighted by Gasteiger charge is 2.60. The molecule has 0 aliphatic heterocycles. The molecule has 1 fully saturated rings. The molecule has 0 radical (unpaired) electrons. The fourth-order valence-corrected chi connectivity index (χ4v) is 2.80. The monoisotopic (exact) mass is 312 g/mol. The van der Waals surface area contributed by atoms with E-state index in [1.54, 1.807) is 0 Å². The van der Waals surface area contributed by atoms with Crippen LogP contribution in [0.25, 0.3) is 0 Å². The minimum Gasteiger partial charge on any atom is -0.481 e. The van der Waals surface area contributed by atoms with Gasteiger partial charge in [-0.05, 0) is 17.4 Å². The first kappa shape index (κ1) is 13.1. The van der Waals surface area contributed by atoms with Gasteiger partial charge in [-0.25, -0.2) is 0 Å². The third-order valence-corrected chi connectivity index (χ3v) is 3.47. The number of carboxylic acid groups (broad SMARTS) is 1. The Bertz CT molecular complexity index is 343. The Morgan fingerprint density at radius 2 is 2.00 bits per heavy atom. The summed E-state index contributed by atoms with van der Waals surface area (Å²) in [6, 6.07) is 0. The van der Waals surface area contributed by atoms with Gasteiger partial charge >= 0.3 is 5.97 Å². The van der Waals surface area contributed by atoms with Gasteiger partial charge in [-0.1, -0.05) is 59.1 Å². The summed E-state index contributed by atoms with van der Waals surface area (Å²) in [5.41, 5.74) is -0.197. The first-order chi connectivity index (χ1) is 6.76. The number of allylic oxidation sites excluding steroid dienone is 3. The predicted molar refractivity (Wildman–Crippen MR) is 65.2 cm³/mol. The lowest BCUT2D eigenvalue weighted by molar-refractivity contribution is -0.139. The largest absolute Gasteiger partial charge is 0.481 e. The molecule has 1 N–H and O–H groups in total. The molecule has 0 aromatic rings. The molecule has 0 aromatic heterocycles. The maximum Gasteiger partial charge on any atom is 0.307 e. The summed E-state index contributed by atoms with van der Waals surface area (Å²) in [6.07, 6.45) is 3.37. The maximum atomic E-state index is 10.9. The summed E-state index contributed by atoms with van der Waals surface area (Å²) in [7, 11) is 0. The normalized spacial score (nSPS) is 28.5. The Kier molecular flexibility index (Phi) is 3.90. The summed E-state index contributed by atoms with van der Waals surface area (Å²) >= 11 is 14.2. The Hall–Kier alpha value is 0.01000. The van der Waals surface area contributed by atoms with Gasteiger partial charge in [0.2, 0.25) is 0 Å². The molecule has 1 aliphatic rings. The fraction of sp³-hybridized carbons (Fsp3) is 0.500. The summed E-state index contributed by atoms with van der Waals surface area (Å²) in [6.45, 7) is 3.86. The van der Waals surface area contributed by atoms with Gasteiger partial charge in [-0.15, -0.1) is 0 Å². The van der Waals surface area contributed by atoms with Crippen LogP contribution in [-0.2, 0) is 4.79 Å². The van der Waals surface area contributed by atoms with Gasteiger partial charge in [0.05, 0.1) is 5.92 Å². The predicted octanol–water partition coefficient (Wildman–Crippen LogP) is 3.94. The number of aliphatic carboxylic acids is 1.